The average Bonchev–Trinajstić information content (AvgIpc) is 3.09. The van der Waals surface area contributed by atoms with Crippen LogP contribution in [0.4, 0.5) is 0 Å². The Labute approximate surface area is 151 Å². The molecule has 128 valence electrons. The highest BCUT2D eigenvalue weighted by Gasteiger charge is 2.23. The van der Waals surface area contributed by atoms with Gasteiger partial charge in [0.05, 0.1) is 13.5 Å². The third-order valence-electron chi connectivity index (χ3n) is 4.52. The number of fused-ring (bicyclic) bond motifs is 1. The second-order valence-electron chi connectivity index (χ2n) is 6.18. The average molecular weight is 352 g/mol. The number of aryl methyl sites for hydroxylation is 1. The van der Waals surface area contributed by atoms with E-state index < -0.39 is 0 Å². The predicted octanol–water partition coefficient (Wildman–Crippen LogP) is 4.84. The molecule has 0 bridgehead atoms. The molecule has 1 aromatic heterocycles. The van der Waals surface area contributed by atoms with E-state index in [1.165, 1.54) is 24.0 Å². The van der Waals surface area contributed by atoms with Crippen LogP contribution in [0.25, 0.3) is 0 Å². The van der Waals surface area contributed by atoms with E-state index in [0.717, 1.165) is 17.7 Å². The van der Waals surface area contributed by atoms with E-state index in [2.05, 4.69) is 34.5 Å². The van der Waals surface area contributed by atoms with Gasteiger partial charge in [0.2, 0.25) is 5.89 Å². The van der Waals surface area contributed by atoms with E-state index in [1.807, 2.05) is 24.3 Å². The minimum atomic E-state index is 0.402. The maximum atomic E-state index is 5.87. The number of thioether (sulfide) groups is 1. The van der Waals surface area contributed by atoms with Gasteiger partial charge in [-0.3, -0.25) is 0 Å². The first-order valence-corrected chi connectivity index (χ1v) is 9.39. The third kappa shape index (κ3) is 3.71. The molecule has 0 saturated carbocycles. The van der Waals surface area contributed by atoms with Gasteiger partial charge in [0, 0.05) is 5.25 Å². The standard InChI is InChI=1S/C20H20N2O2S/c1-23-16-11-9-14(10-12-16)13-19-21-22-20(24-19)25-18-8-4-6-15-5-2-3-7-17(15)18/h2-3,5,7,9-12,18H,4,6,8,13H2,1H3/t18-/m0/s1. The molecule has 3 aromatic rings. The van der Waals surface area contributed by atoms with Crippen molar-refractivity contribution in [3.63, 3.8) is 0 Å². The lowest BCUT2D eigenvalue weighted by molar-refractivity contribution is 0.413. The van der Waals surface area contributed by atoms with E-state index in [4.69, 9.17) is 9.15 Å². The van der Waals surface area contributed by atoms with Crippen LogP contribution in [0.1, 0.15) is 40.7 Å². The first-order chi connectivity index (χ1) is 12.3. The zero-order valence-corrected chi connectivity index (χ0v) is 15.0. The number of aromatic nitrogens is 2. The molecular weight excluding hydrogens is 332 g/mol. The molecule has 0 N–H and O–H groups in total. The van der Waals surface area contributed by atoms with E-state index >= 15 is 0 Å². The van der Waals surface area contributed by atoms with Crippen LogP contribution in [0.5, 0.6) is 5.75 Å². The second kappa shape index (κ2) is 7.31. The van der Waals surface area contributed by atoms with Crippen molar-refractivity contribution < 1.29 is 9.15 Å². The molecule has 4 rings (SSSR count). The minimum absolute atomic E-state index is 0.402. The molecule has 0 fully saturated rings. The lowest BCUT2D eigenvalue weighted by Gasteiger charge is -2.23. The molecule has 4 nitrogen and oxygen atoms in total. The molecule has 2 aromatic carbocycles. The Morgan fingerprint density at radius 1 is 1.12 bits per heavy atom. The number of benzene rings is 2. The van der Waals surface area contributed by atoms with Gasteiger partial charge in [-0.25, -0.2) is 0 Å². The van der Waals surface area contributed by atoms with Crippen LogP contribution >= 0.6 is 11.8 Å². The van der Waals surface area contributed by atoms with Gasteiger partial charge in [0.1, 0.15) is 5.75 Å². The summed E-state index contributed by atoms with van der Waals surface area (Å²) in [6.45, 7) is 0. The van der Waals surface area contributed by atoms with Crippen molar-refractivity contribution in [1.29, 1.82) is 0 Å². The van der Waals surface area contributed by atoms with Crippen molar-refractivity contribution >= 4 is 11.8 Å². The van der Waals surface area contributed by atoms with Crippen LogP contribution in [0.15, 0.2) is 58.2 Å². The molecule has 1 atom stereocenters. The van der Waals surface area contributed by atoms with Crippen molar-refractivity contribution in [3.05, 3.63) is 71.1 Å². The van der Waals surface area contributed by atoms with Crippen LogP contribution in [0.2, 0.25) is 0 Å². The van der Waals surface area contributed by atoms with Crippen LogP contribution < -0.4 is 4.74 Å². The van der Waals surface area contributed by atoms with E-state index in [1.54, 1.807) is 18.9 Å². The molecule has 0 saturated heterocycles. The summed E-state index contributed by atoms with van der Waals surface area (Å²) in [5.74, 6) is 1.50. The molecule has 0 amide bonds. The fraction of sp³-hybridized carbons (Fsp3) is 0.300. The maximum Gasteiger partial charge on any atom is 0.277 e. The van der Waals surface area contributed by atoms with Crippen LogP contribution in [0.3, 0.4) is 0 Å². The summed E-state index contributed by atoms with van der Waals surface area (Å²) in [5, 5.41) is 9.50. The number of methoxy groups -OCH3 is 1. The van der Waals surface area contributed by atoms with Gasteiger partial charge >= 0.3 is 0 Å². The predicted molar refractivity (Wildman–Crippen MR) is 98.1 cm³/mol. The first-order valence-electron chi connectivity index (χ1n) is 8.51. The van der Waals surface area contributed by atoms with Crippen LogP contribution in [-0.2, 0) is 12.8 Å². The van der Waals surface area contributed by atoms with Gasteiger partial charge in [-0.2, -0.15) is 0 Å². The van der Waals surface area contributed by atoms with Crippen molar-refractivity contribution in [1.82, 2.24) is 10.2 Å². The summed E-state index contributed by atoms with van der Waals surface area (Å²) in [5.41, 5.74) is 3.99. The molecule has 1 aliphatic carbocycles. The highest BCUT2D eigenvalue weighted by atomic mass is 32.2. The van der Waals surface area contributed by atoms with E-state index in [0.29, 0.717) is 22.8 Å². The number of hydrogen-bond acceptors (Lipinski definition) is 5. The topological polar surface area (TPSA) is 48.2 Å². The van der Waals surface area contributed by atoms with Gasteiger partial charge in [-0.05, 0) is 48.1 Å². The molecule has 1 aliphatic rings. The maximum absolute atomic E-state index is 5.87. The highest BCUT2D eigenvalue weighted by molar-refractivity contribution is 7.99. The van der Waals surface area contributed by atoms with Crippen LogP contribution in [-0.4, -0.2) is 17.3 Å². The Morgan fingerprint density at radius 2 is 1.96 bits per heavy atom. The highest BCUT2D eigenvalue weighted by Crippen LogP contribution is 2.42. The van der Waals surface area contributed by atoms with Crippen molar-refractivity contribution in [2.75, 3.05) is 7.11 Å². The quantitative estimate of drug-likeness (QED) is 0.658. The summed E-state index contributed by atoms with van der Waals surface area (Å²) in [4.78, 5) is 0. The van der Waals surface area contributed by atoms with Gasteiger partial charge in [-0.1, -0.05) is 48.2 Å². The van der Waals surface area contributed by atoms with Crippen molar-refractivity contribution in [3.8, 4) is 5.75 Å². The molecule has 1 heterocycles. The fourth-order valence-corrected chi connectivity index (χ4v) is 4.35. The summed E-state index contributed by atoms with van der Waals surface area (Å²) in [6.07, 6.45) is 4.16. The summed E-state index contributed by atoms with van der Waals surface area (Å²) < 4.78 is 11.1. The Bertz CT molecular complexity index is 845. The molecule has 5 heteroatoms. The first kappa shape index (κ1) is 16.2. The van der Waals surface area contributed by atoms with Crippen molar-refractivity contribution in [2.24, 2.45) is 0 Å². The van der Waals surface area contributed by atoms with Crippen LogP contribution in [0, 0.1) is 0 Å². The number of ether oxygens (including phenoxy) is 1. The Hall–Kier alpha value is -2.27. The summed E-state index contributed by atoms with van der Waals surface area (Å²) in [6, 6.07) is 16.6. The van der Waals surface area contributed by atoms with Crippen molar-refractivity contribution in [2.45, 2.75) is 36.2 Å². The zero-order valence-electron chi connectivity index (χ0n) is 14.1. The molecular formula is C20H20N2O2S. The Balaban J connectivity index is 1.45. The zero-order chi connectivity index (χ0) is 17.1. The van der Waals surface area contributed by atoms with E-state index in [9.17, 15) is 0 Å². The molecule has 0 spiro atoms. The molecule has 25 heavy (non-hydrogen) atoms. The molecule has 0 radical (unpaired) electrons. The largest absolute Gasteiger partial charge is 0.497 e. The molecule has 0 unspecified atom stereocenters. The Morgan fingerprint density at radius 3 is 2.80 bits per heavy atom. The normalized spacial score (nSPS) is 16.4. The van der Waals surface area contributed by atoms with E-state index in [-0.39, 0.29) is 0 Å². The molecule has 0 aliphatic heterocycles. The lowest BCUT2D eigenvalue weighted by Crippen LogP contribution is -2.06. The summed E-state index contributed by atoms with van der Waals surface area (Å²) >= 11 is 1.68. The Kier molecular flexibility index (Phi) is 4.74. The minimum Gasteiger partial charge on any atom is -0.497 e. The van der Waals surface area contributed by atoms with Gasteiger partial charge in [0.25, 0.3) is 5.22 Å². The SMILES string of the molecule is COc1ccc(Cc2nnc(S[C@H]3CCCc4ccccc43)o2)cc1. The number of hydrogen-bond donors (Lipinski definition) is 0. The summed E-state index contributed by atoms with van der Waals surface area (Å²) in [7, 11) is 1.67. The fourth-order valence-electron chi connectivity index (χ4n) is 3.23. The van der Waals surface area contributed by atoms with Gasteiger partial charge in [-0.15, -0.1) is 10.2 Å². The van der Waals surface area contributed by atoms with Gasteiger partial charge in [0.15, 0.2) is 0 Å². The number of nitrogens with zero attached hydrogens (tertiary/aromatic N) is 2. The second-order valence-corrected chi connectivity index (χ2v) is 7.34. The third-order valence-corrected chi connectivity index (χ3v) is 5.66. The monoisotopic (exact) mass is 352 g/mol. The lowest BCUT2D eigenvalue weighted by atomic mass is 9.91. The number of rotatable bonds is 5. The van der Waals surface area contributed by atoms with Gasteiger partial charge < -0.3 is 9.15 Å². The smallest absolute Gasteiger partial charge is 0.277 e.